The Morgan fingerprint density at radius 2 is 1.95 bits per heavy atom. The van der Waals surface area contributed by atoms with Crippen molar-refractivity contribution < 1.29 is 8.42 Å². The first kappa shape index (κ1) is 13.9. The lowest BCUT2D eigenvalue weighted by Gasteiger charge is -2.07. The van der Waals surface area contributed by atoms with Gasteiger partial charge in [-0.2, -0.15) is 0 Å². The number of benzene rings is 1. The zero-order valence-corrected chi connectivity index (χ0v) is 12.2. The van der Waals surface area contributed by atoms with Crippen molar-refractivity contribution in [1.29, 1.82) is 0 Å². The Morgan fingerprint density at radius 1 is 1.26 bits per heavy atom. The van der Waals surface area contributed by atoms with Gasteiger partial charge in [-0.05, 0) is 30.2 Å². The van der Waals surface area contributed by atoms with Crippen molar-refractivity contribution in [3.8, 4) is 0 Å². The second kappa shape index (κ2) is 5.63. The second-order valence-corrected chi connectivity index (χ2v) is 7.07. The molecular formula is C13H16N2O2S2. The van der Waals surface area contributed by atoms with Crippen LogP contribution < -0.4 is 10.5 Å². The molecule has 19 heavy (non-hydrogen) atoms. The number of hydrogen-bond acceptors (Lipinski definition) is 4. The number of nitrogens with one attached hydrogen (secondary N) is 1. The molecule has 0 aliphatic heterocycles. The number of thiophene rings is 1. The van der Waals surface area contributed by atoms with Crippen molar-refractivity contribution in [2.45, 2.75) is 24.0 Å². The van der Waals surface area contributed by atoms with Gasteiger partial charge in [-0.25, -0.2) is 8.42 Å². The molecule has 0 spiro atoms. The minimum Gasteiger partial charge on any atom is -0.398 e. The lowest BCUT2D eigenvalue weighted by Crippen LogP contribution is -2.11. The van der Waals surface area contributed by atoms with Crippen LogP contribution in [0.4, 0.5) is 11.4 Å². The van der Waals surface area contributed by atoms with Crippen LogP contribution in [0.1, 0.15) is 18.9 Å². The van der Waals surface area contributed by atoms with Crippen molar-refractivity contribution in [1.82, 2.24) is 0 Å². The highest BCUT2D eigenvalue weighted by atomic mass is 32.2. The molecule has 0 fully saturated rings. The van der Waals surface area contributed by atoms with Gasteiger partial charge in [-0.3, -0.25) is 4.72 Å². The fourth-order valence-corrected chi connectivity index (χ4v) is 3.84. The van der Waals surface area contributed by atoms with Gasteiger partial charge in [0.2, 0.25) is 0 Å². The maximum absolute atomic E-state index is 12.1. The van der Waals surface area contributed by atoms with E-state index in [1.165, 1.54) is 11.6 Å². The van der Waals surface area contributed by atoms with E-state index in [2.05, 4.69) is 11.6 Å². The normalized spacial score (nSPS) is 11.4. The molecule has 2 aromatic rings. The molecular weight excluding hydrogens is 280 g/mol. The minimum atomic E-state index is -3.53. The number of hydrogen-bond donors (Lipinski definition) is 2. The predicted molar refractivity (Wildman–Crippen MR) is 80.0 cm³/mol. The van der Waals surface area contributed by atoms with Gasteiger partial charge in [-0.1, -0.05) is 25.5 Å². The molecule has 0 radical (unpaired) electrons. The molecule has 3 N–H and O–H groups in total. The molecule has 0 aliphatic carbocycles. The largest absolute Gasteiger partial charge is 0.398 e. The van der Waals surface area contributed by atoms with Gasteiger partial charge in [0.25, 0.3) is 10.0 Å². The number of sulfonamides is 1. The summed E-state index contributed by atoms with van der Waals surface area (Å²) < 4.78 is 26.9. The van der Waals surface area contributed by atoms with E-state index in [1.54, 1.807) is 17.5 Å². The third-order valence-electron chi connectivity index (χ3n) is 2.61. The summed E-state index contributed by atoms with van der Waals surface area (Å²) in [5.74, 6) is 0. The first-order chi connectivity index (χ1) is 9.01. The summed E-state index contributed by atoms with van der Waals surface area (Å²) in [6.45, 7) is 2.11. The quantitative estimate of drug-likeness (QED) is 0.890. The highest BCUT2D eigenvalue weighted by molar-refractivity contribution is 7.94. The van der Waals surface area contributed by atoms with Gasteiger partial charge in [0.1, 0.15) is 4.21 Å². The zero-order valence-electron chi connectivity index (χ0n) is 10.6. The lowest BCUT2D eigenvalue weighted by molar-refractivity contribution is 0.603. The Labute approximate surface area is 117 Å². The topological polar surface area (TPSA) is 72.2 Å². The van der Waals surface area contributed by atoms with Gasteiger partial charge >= 0.3 is 0 Å². The van der Waals surface area contributed by atoms with Crippen molar-refractivity contribution in [2.75, 3.05) is 10.5 Å². The molecule has 0 saturated carbocycles. The predicted octanol–water partition coefficient (Wildman–Crippen LogP) is 3.08. The number of nitrogen functional groups attached to an aromatic ring is 1. The Kier molecular flexibility index (Phi) is 4.11. The summed E-state index contributed by atoms with van der Waals surface area (Å²) in [7, 11) is -3.53. The van der Waals surface area contributed by atoms with Crippen LogP contribution >= 0.6 is 11.3 Å². The van der Waals surface area contributed by atoms with Gasteiger partial charge in [0.05, 0.1) is 0 Å². The monoisotopic (exact) mass is 296 g/mol. The number of nitrogens with two attached hydrogens (primary N) is 1. The van der Waals surface area contributed by atoms with Gasteiger partial charge in [0, 0.05) is 16.8 Å². The molecule has 0 aliphatic rings. The second-order valence-electron chi connectivity index (χ2n) is 4.25. The summed E-state index contributed by atoms with van der Waals surface area (Å²) in [4.78, 5) is 0. The molecule has 0 bridgehead atoms. The highest BCUT2D eigenvalue weighted by Crippen LogP contribution is 2.24. The minimum absolute atomic E-state index is 0.225. The first-order valence-corrected chi connectivity index (χ1v) is 8.33. The number of anilines is 2. The zero-order chi connectivity index (χ0) is 13.9. The van der Waals surface area contributed by atoms with E-state index in [4.69, 9.17) is 5.73 Å². The van der Waals surface area contributed by atoms with Crippen LogP contribution in [-0.2, 0) is 16.4 Å². The Bertz CT molecular complexity index is 646. The van der Waals surface area contributed by atoms with Crippen molar-refractivity contribution in [3.05, 3.63) is 41.3 Å². The third-order valence-corrected chi connectivity index (χ3v) is 5.44. The maximum Gasteiger partial charge on any atom is 0.271 e. The van der Waals surface area contributed by atoms with Crippen molar-refractivity contribution in [3.63, 3.8) is 0 Å². The molecule has 1 heterocycles. The standard InChI is InChI=1S/C13H16N2O2S2/c1-2-3-10-4-6-12(7-5-10)15-19(16,17)13-8-11(14)9-18-13/h4-9,15H,2-3,14H2,1H3. The molecule has 102 valence electrons. The molecule has 0 saturated heterocycles. The molecule has 6 heteroatoms. The molecule has 1 aromatic heterocycles. The summed E-state index contributed by atoms with van der Waals surface area (Å²) in [5, 5.41) is 1.61. The highest BCUT2D eigenvalue weighted by Gasteiger charge is 2.16. The molecule has 0 unspecified atom stereocenters. The Morgan fingerprint density at radius 3 is 2.47 bits per heavy atom. The summed E-state index contributed by atoms with van der Waals surface area (Å²) in [5.41, 5.74) is 7.76. The lowest BCUT2D eigenvalue weighted by atomic mass is 10.1. The summed E-state index contributed by atoms with van der Waals surface area (Å²) in [6.07, 6.45) is 2.06. The smallest absolute Gasteiger partial charge is 0.271 e. The number of aryl methyl sites for hydroxylation is 1. The van der Waals surface area contributed by atoms with Crippen molar-refractivity contribution >= 4 is 32.7 Å². The van der Waals surface area contributed by atoms with Crippen LogP contribution in [0.25, 0.3) is 0 Å². The van der Waals surface area contributed by atoms with E-state index in [1.807, 2.05) is 12.1 Å². The molecule has 4 nitrogen and oxygen atoms in total. The summed E-state index contributed by atoms with van der Waals surface area (Å²) >= 11 is 1.11. The van der Waals surface area contributed by atoms with Crippen LogP contribution in [0.2, 0.25) is 0 Å². The molecule has 1 aromatic carbocycles. The third kappa shape index (κ3) is 3.48. The maximum atomic E-state index is 12.1. The van der Waals surface area contributed by atoms with E-state index in [0.29, 0.717) is 11.4 Å². The van der Waals surface area contributed by atoms with E-state index in [0.717, 1.165) is 24.2 Å². The van der Waals surface area contributed by atoms with E-state index < -0.39 is 10.0 Å². The van der Waals surface area contributed by atoms with Crippen LogP contribution in [0, 0.1) is 0 Å². The van der Waals surface area contributed by atoms with E-state index >= 15 is 0 Å². The van der Waals surface area contributed by atoms with Gasteiger partial charge in [-0.15, -0.1) is 11.3 Å². The average Bonchev–Trinajstić information content (AvgIpc) is 2.79. The average molecular weight is 296 g/mol. The summed E-state index contributed by atoms with van der Waals surface area (Å²) in [6, 6.07) is 8.88. The molecule has 0 amide bonds. The Balaban J connectivity index is 2.16. The van der Waals surface area contributed by atoms with Crippen LogP contribution in [-0.4, -0.2) is 8.42 Å². The van der Waals surface area contributed by atoms with Crippen LogP contribution in [0.5, 0.6) is 0 Å². The Hall–Kier alpha value is -1.53. The van der Waals surface area contributed by atoms with Gasteiger partial charge in [0.15, 0.2) is 0 Å². The van der Waals surface area contributed by atoms with Crippen molar-refractivity contribution in [2.24, 2.45) is 0 Å². The fourth-order valence-electron chi connectivity index (χ4n) is 1.70. The molecule has 2 rings (SSSR count). The van der Waals surface area contributed by atoms with Crippen LogP contribution in [0.15, 0.2) is 39.9 Å². The SMILES string of the molecule is CCCc1ccc(NS(=O)(=O)c2cc(N)cs2)cc1. The first-order valence-electron chi connectivity index (χ1n) is 5.97. The fraction of sp³-hybridized carbons (Fsp3) is 0.231. The van der Waals surface area contributed by atoms with Gasteiger partial charge < -0.3 is 5.73 Å². The van der Waals surface area contributed by atoms with Crippen LogP contribution in [0.3, 0.4) is 0 Å². The van der Waals surface area contributed by atoms with E-state index in [-0.39, 0.29) is 4.21 Å². The van der Waals surface area contributed by atoms with E-state index in [9.17, 15) is 8.42 Å². The molecule has 0 atom stereocenters. The number of rotatable bonds is 5.